The van der Waals surface area contributed by atoms with Crippen molar-refractivity contribution < 1.29 is 9.90 Å². The van der Waals surface area contributed by atoms with Crippen LogP contribution >= 0.6 is 0 Å². The molecule has 1 aliphatic rings. The number of hydrogen-bond acceptors (Lipinski definition) is 4. The van der Waals surface area contributed by atoms with Crippen molar-refractivity contribution in [1.29, 1.82) is 0 Å². The van der Waals surface area contributed by atoms with Crippen LogP contribution in [0, 0.1) is 13.8 Å². The van der Waals surface area contributed by atoms with Gasteiger partial charge in [0.2, 0.25) is 5.88 Å². The van der Waals surface area contributed by atoms with Gasteiger partial charge in [0.1, 0.15) is 5.56 Å². The van der Waals surface area contributed by atoms with E-state index in [1.54, 1.807) is 24.3 Å². The molecule has 1 aliphatic carbocycles. The molecule has 0 amide bonds. The van der Waals surface area contributed by atoms with E-state index in [1.165, 1.54) is 12.2 Å². The second kappa shape index (κ2) is 6.91. The maximum absolute atomic E-state index is 12.5. The Kier molecular flexibility index (Phi) is 4.39. The highest BCUT2D eigenvalue weighted by Crippen LogP contribution is 2.30. The maximum Gasteiger partial charge on any atom is 0.335 e. The topological polar surface area (TPSA) is 92.2 Å². The highest BCUT2D eigenvalue weighted by molar-refractivity contribution is 6.33. The number of H-pyrrole nitrogens is 1. The van der Waals surface area contributed by atoms with Crippen molar-refractivity contribution in [2.24, 2.45) is 0 Å². The molecule has 0 bridgehead atoms. The standard InChI is InChI=1S/C23H18N2O4/c1-13-7-9-19(14(2)11-13)25-22(28)18(21(27)24-23(25)29)12-17-16-6-4-3-5-15(16)8-10-20(17)26/h3-12,28H,1-2H3,(H,24,27,29). The van der Waals surface area contributed by atoms with Gasteiger partial charge in [-0.15, -0.1) is 0 Å². The molecule has 0 saturated carbocycles. The van der Waals surface area contributed by atoms with E-state index in [9.17, 15) is 19.5 Å². The van der Waals surface area contributed by atoms with Crippen LogP contribution < -0.4 is 11.2 Å². The van der Waals surface area contributed by atoms with Crippen molar-refractivity contribution in [1.82, 2.24) is 9.55 Å². The minimum Gasteiger partial charge on any atom is -0.494 e. The van der Waals surface area contributed by atoms with Gasteiger partial charge in [-0.2, -0.15) is 0 Å². The van der Waals surface area contributed by atoms with Crippen molar-refractivity contribution in [3.05, 3.63) is 97.2 Å². The van der Waals surface area contributed by atoms with E-state index in [0.717, 1.165) is 21.3 Å². The Labute approximate surface area is 166 Å². The molecular weight excluding hydrogens is 368 g/mol. The van der Waals surface area contributed by atoms with Crippen molar-refractivity contribution in [3.63, 3.8) is 0 Å². The summed E-state index contributed by atoms with van der Waals surface area (Å²) >= 11 is 0. The van der Waals surface area contributed by atoms with Gasteiger partial charge in [-0.1, -0.05) is 48.0 Å². The fourth-order valence-corrected chi connectivity index (χ4v) is 3.52. The van der Waals surface area contributed by atoms with Gasteiger partial charge >= 0.3 is 5.69 Å². The Morgan fingerprint density at radius 2 is 1.76 bits per heavy atom. The van der Waals surface area contributed by atoms with Crippen molar-refractivity contribution in [3.8, 4) is 11.6 Å². The first-order valence-corrected chi connectivity index (χ1v) is 9.06. The Bertz CT molecular complexity index is 1340. The molecule has 1 heterocycles. The lowest BCUT2D eigenvalue weighted by Crippen LogP contribution is -2.31. The number of hydrogen-bond donors (Lipinski definition) is 2. The van der Waals surface area contributed by atoms with Crippen molar-refractivity contribution in [2.75, 3.05) is 0 Å². The first-order chi connectivity index (χ1) is 13.9. The Hall–Kier alpha value is -3.93. The van der Waals surface area contributed by atoms with Crippen molar-refractivity contribution >= 4 is 23.5 Å². The van der Waals surface area contributed by atoms with Crippen molar-refractivity contribution in [2.45, 2.75) is 13.8 Å². The van der Waals surface area contributed by atoms with Crippen LogP contribution in [-0.4, -0.2) is 20.4 Å². The zero-order chi connectivity index (χ0) is 20.7. The van der Waals surface area contributed by atoms with E-state index in [-0.39, 0.29) is 16.9 Å². The van der Waals surface area contributed by atoms with E-state index in [4.69, 9.17) is 0 Å². The minimum atomic E-state index is -0.763. The van der Waals surface area contributed by atoms with Gasteiger partial charge in [-0.05, 0) is 48.8 Å². The summed E-state index contributed by atoms with van der Waals surface area (Å²) in [7, 11) is 0. The molecule has 3 aromatic rings. The van der Waals surface area contributed by atoms with Crippen LogP contribution in [0.3, 0.4) is 0 Å². The Morgan fingerprint density at radius 1 is 1.00 bits per heavy atom. The van der Waals surface area contributed by atoms with Crippen LogP contribution in [0.2, 0.25) is 0 Å². The lowest BCUT2D eigenvalue weighted by molar-refractivity contribution is -0.109. The Balaban J connectivity index is 1.98. The van der Waals surface area contributed by atoms with Gasteiger partial charge in [0.05, 0.1) is 5.69 Å². The number of carbonyl (C=O) groups excluding carboxylic acids is 1. The number of aromatic nitrogens is 2. The molecule has 144 valence electrons. The molecule has 0 fully saturated rings. The third kappa shape index (κ3) is 3.14. The van der Waals surface area contributed by atoms with Crippen LogP contribution in [0.5, 0.6) is 5.88 Å². The second-order valence-electron chi connectivity index (χ2n) is 6.96. The molecule has 2 N–H and O–H groups in total. The number of rotatable bonds is 2. The molecule has 0 radical (unpaired) electrons. The highest BCUT2D eigenvalue weighted by Gasteiger charge is 2.21. The summed E-state index contributed by atoms with van der Waals surface area (Å²) in [5.74, 6) is -0.801. The van der Waals surface area contributed by atoms with Crippen LogP contribution in [-0.2, 0) is 4.79 Å². The number of aromatic amines is 1. The number of nitrogens with zero attached hydrogens (tertiary/aromatic N) is 1. The molecule has 0 spiro atoms. The average Bonchev–Trinajstić information content (AvgIpc) is 2.68. The minimum absolute atomic E-state index is 0.155. The molecule has 2 aromatic carbocycles. The van der Waals surface area contributed by atoms with E-state index in [0.29, 0.717) is 11.3 Å². The van der Waals surface area contributed by atoms with E-state index in [1.807, 2.05) is 38.1 Å². The number of allylic oxidation sites excluding steroid dienone is 2. The first-order valence-electron chi connectivity index (χ1n) is 9.06. The lowest BCUT2D eigenvalue weighted by atomic mass is 9.90. The largest absolute Gasteiger partial charge is 0.494 e. The smallest absolute Gasteiger partial charge is 0.335 e. The molecule has 4 rings (SSSR count). The van der Waals surface area contributed by atoms with Gasteiger partial charge in [-0.25, -0.2) is 9.36 Å². The van der Waals surface area contributed by atoms with Gasteiger partial charge in [0, 0.05) is 5.57 Å². The number of fused-ring (bicyclic) bond motifs is 1. The lowest BCUT2D eigenvalue weighted by Gasteiger charge is -2.15. The third-order valence-electron chi connectivity index (χ3n) is 4.93. The summed E-state index contributed by atoms with van der Waals surface area (Å²) in [6.07, 6.45) is 4.45. The average molecular weight is 386 g/mol. The normalized spacial score (nSPS) is 14.3. The van der Waals surface area contributed by atoms with E-state index >= 15 is 0 Å². The number of benzene rings is 2. The molecule has 29 heavy (non-hydrogen) atoms. The summed E-state index contributed by atoms with van der Waals surface area (Å²) in [6.45, 7) is 3.73. The first kappa shape index (κ1) is 18.4. The summed E-state index contributed by atoms with van der Waals surface area (Å²) in [4.78, 5) is 39.6. The van der Waals surface area contributed by atoms with Crippen LogP contribution in [0.1, 0.15) is 27.8 Å². The molecule has 0 unspecified atom stereocenters. The second-order valence-corrected chi connectivity index (χ2v) is 6.96. The monoisotopic (exact) mass is 386 g/mol. The van der Waals surface area contributed by atoms with E-state index < -0.39 is 17.1 Å². The number of carbonyl (C=O) groups is 1. The molecular formula is C23H18N2O4. The summed E-state index contributed by atoms with van der Waals surface area (Å²) < 4.78 is 1.04. The fraction of sp³-hybridized carbons (Fsp3) is 0.0870. The van der Waals surface area contributed by atoms with Gasteiger partial charge in [0.25, 0.3) is 5.56 Å². The SMILES string of the molecule is Cc1ccc(-n2c(O)c(C=C3C(=O)C=Cc4ccccc43)c(=O)[nH]c2=O)c(C)c1. The maximum atomic E-state index is 12.5. The number of aryl methyl sites for hydroxylation is 2. The zero-order valence-electron chi connectivity index (χ0n) is 15.9. The molecule has 0 saturated heterocycles. The number of nitrogens with one attached hydrogen (secondary N) is 1. The summed E-state index contributed by atoms with van der Waals surface area (Å²) in [5, 5.41) is 10.8. The molecule has 6 heteroatoms. The van der Waals surface area contributed by atoms with Gasteiger partial charge in [0.15, 0.2) is 5.78 Å². The predicted molar refractivity (Wildman–Crippen MR) is 112 cm³/mol. The summed E-state index contributed by atoms with van der Waals surface area (Å²) in [5.41, 5.74) is 2.30. The predicted octanol–water partition coefficient (Wildman–Crippen LogP) is 2.98. The number of ketones is 1. The summed E-state index contributed by atoms with van der Waals surface area (Å²) in [6, 6.07) is 12.6. The Morgan fingerprint density at radius 3 is 2.52 bits per heavy atom. The van der Waals surface area contributed by atoms with Crippen LogP contribution in [0.15, 0.2) is 58.1 Å². The fourth-order valence-electron chi connectivity index (χ4n) is 3.52. The van der Waals surface area contributed by atoms with Crippen LogP contribution in [0.4, 0.5) is 0 Å². The zero-order valence-corrected chi connectivity index (χ0v) is 15.9. The third-order valence-corrected chi connectivity index (χ3v) is 4.93. The molecule has 1 aromatic heterocycles. The molecule has 6 nitrogen and oxygen atoms in total. The molecule has 0 atom stereocenters. The van der Waals surface area contributed by atoms with Gasteiger partial charge in [-0.3, -0.25) is 14.6 Å². The highest BCUT2D eigenvalue weighted by atomic mass is 16.3. The quantitative estimate of drug-likeness (QED) is 0.663. The van der Waals surface area contributed by atoms with E-state index in [2.05, 4.69) is 4.98 Å². The number of aromatic hydroxyl groups is 1. The van der Waals surface area contributed by atoms with Crippen LogP contribution in [0.25, 0.3) is 23.4 Å². The molecule has 0 aliphatic heterocycles. The van der Waals surface area contributed by atoms with Gasteiger partial charge < -0.3 is 5.11 Å².